The smallest absolute Gasteiger partial charge is 0.159 e. The molecule has 3 heteroatoms. The van der Waals surface area contributed by atoms with E-state index >= 15 is 0 Å². The highest BCUT2D eigenvalue weighted by molar-refractivity contribution is 9.10. The van der Waals surface area contributed by atoms with Crippen molar-refractivity contribution in [1.29, 1.82) is 0 Å². The molecule has 1 aliphatic heterocycles. The lowest BCUT2D eigenvalue weighted by Crippen LogP contribution is -2.19. The molecule has 2 rings (SSSR count). The second-order valence-electron chi connectivity index (χ2n) is 4.56. The number of halogens is 1. The quantitative estimate of drug-likeness (QED) is 0.774. The molecule has 1 heterocycles. The van der Waals surface area contributed by atoms with Crippen LogP contribution >= 0.6 is 15.9 Å². The number of hydrogen-bond donors (Lipinski definition) is 0. The van der Waals surface area contributed by atoms with Crippen LogP contribution in [0.25, 0.3) is 0 Å². The van der Waals surface area contributed by atoms with E-state index in [4.69, 9.17) is 0 Å². The Morgan fingerprint density at radius 1 is 1.50 bits per heavy atom. The Balaban J connectivity index is 2.26. The Morgan fingerprint density at radius 2 is 2.25 bits per heavy atom. The maximum absolute atomic E-state index is 11.2. The van der Waals surface area contributed by atoms with Crippen LogP contribution in [0.1, 0.15) is 30.6 Å². The second-order valence-corrected chi connectivity index (χ2v) is 5.42. The SMILES string of the molecule is CC(=O)c1ccc(N2CCC(C)C2)c(Br)c1. The zero-order valence-corrected chi connectivity index (χ0v) is 11.3. The molecule has 2 nitrogen and oxygen atoms in total. The maximum atomic E-state index is 11.2. The van der Waals surface area contributed by atoms with E-state index in [1.54, 1.807) is 6.92 Å². The molecular weight excluding hydrogens is 266 g/mol. The first-order valence-corrected chi connectivity index (χ1v) is 6.42. The van der Waals surface area contributed by atoms with Crippen molar-refractivity contribution in [1.82, 2.24) is 0 Å². The van der Waals surface area contributed by atoms with Gasteiger partial charge in [0.05, 0.1) is 5.69 Å². The van der Waals surface area contributed by atoms with Crippen LogP contribution in [0.2, 0.25) is 0 Å². The number of ketones is 1. The van der Waals surface area contributed by atoms with E-state index in [0.717, 1.165) is 29.0 Å². The van der Waals surface area contributed by atoms with Crippen molar-refractivity contribution in [3.8, 4) is 0 Å². The topological polar surface area (TPSA) is 20.3 Å². The van der Waals surface area contributed by atoms with E-state index in [1.807, 2.05) is 18.2 Å². The maximum Gasteiger partial charge on any atom is 0.159 e. The van der Waals surface area contributed by atoms with Crippen LogP contribution in [0.4, 0.5) is 5.69 Å². The molecule has 1 atom stereocenters. The number of rotatable bonds is 2. The van der Waals surface area contributed by atoms with Gasteiger partial charge in [-0.25, -0.2) is 0 Å². The van der Waals surface area contributed by atoms with Gasteiger partial charge in [0, 0.05) is 23.1 Å². The standard InChI is InChI=1S/C13H16BrNO/c1-9-5-6-15(8-9)13-4-3-11(10(2)16)7-12(13)14/h3-4,7,9H,5-6,8H2,1-2H3. The van der Waals surface area contributed by atoms with Crippen LogP contribution in [0.3, 0.4) is 0 Å². The molecule has 0 saturated carbocycles. The summed E-state index contributed by atoms with van der Waals surface area (Å²) in [5.41, 5.74) is 1.97. The van der Waals surface area contributed by atoms with Crippen LogP contribution in [-0.2, 0) is 0 Å². The summed E-state index contributed by atoms with van der Waals surface area (Å²) in [5, 5.41) is 0. The summed E-state index contributed by atoms with van der Waals surface area (Å²) < 4.78 is 1.02. The second kappa shape index (κ2) is 4.58. The average Bonchev–Trinajstić information content (AvgIpc) is 2.64. The fraction of sp³-hybridized carbons (Fsp3) is 0.462. The van der Waals surface area contributed by atoms with Crippen molar-refractivity contribution >= 4 is 27.4 Å². The van der Waals surface area contributed by atoms with Gasteiger partial charge in [0.2, 0.25) is 0 Å². The third-order valence-electron chi connectivity index (χ3n) is 3.12. The van der Waals surface area contributed by atoms with Crippen molar-refractivity contribution in [2.45, 2.75) is 20.3 Å². The summed E-state index contributed by atoms with van der Waals surface area (Å²) >= 11 is 3.55. The highest BCUT2D eigenvalue weighted by atomic mass is 79.9. The van der Waals surface area contributed by atoms with Gasteiger partial charge in [-0.2, -0.15) is 0 Å². The van der Waals surface area contributed by atoms with Crippen molar-refractivity contribution in [3.05, 3.63) is 28.2 Å². The fourth-order valence-electron chi connectivity index (χ4n) is 2.14. The number of anilines is 1. The van der Waals surface area contributed by atoms with Crippen LogP contribution in [0, 0.1) is 5.92 Å². The van der Waals surface area contributed by atoms with Gasteiger partial charge >= 0.3 is 0 Å². The monoisotopic (exact) mass is 281 g/mol. The minimum absolute atomic E-state index is 0.113. The molecule has 16 heavy (non-hydrogen) atoms. The summed E-state index contributed by atoms with van der Waals surface area (Å²) in [6, 6.07) is 5.87. The lowest BCUT2D eigenvalue weighted by atomic mass is 10.1. The van der Waals surface area contributed by atoms with E-state index in [1.165, 1.54) is 12.1 Å². The first-order chi connectivity index (χ1) is 7.58. The first-order valence-electron chi connectivity index (χ1n) is 5.63. The Morgan fingerprint density at radius 3 is 2.75 bits per heavy atom. The third-order valence-corrected chi connectivity index (χ3v) is 3.75. The van der Waals surface area contributed by atoms with Gasteiger partial charge in [-0.3, -0.25) is 4.79 Å². The van der Waals surface area contributed by atoms with Crippen LogP contribution in [-0.4, -0.2) is 18.9 Å². The van der Waals surface area contributed by atoms with Crippen molar-refractivity contribution < 1.29 is 4.79 Å². The highest BCUT2D eigenvalue weighted by Crippen LogP contribution is 2.31. The van der Waals surface area contributed by atoms with E-state index < -0.39 is 0 Å². The Kier molecular flexibility index (Phi) is 3.33. The lowest BCUT2D eigenvalue weighted by molar-refractivity contribution is 0.101. The van der Waals surface area contributed by atoms with E-state index in [0.29, 0.717) is 0 Å². The van der Waals surface area contributed by atoms with Crippen LogP contribution in [0.15, 0.2) is 22.7 Å². The van der Waals surface area contributed by atoms with Gasteiger partial charge in [0.15, 0.2) is 5.78 Å². The van der Waals surface area contributed by atoms with Crippen LogP contribution < -0.4 is 4.90 Å². The van der Waals surface area contributed by atoms with Gasteiger partial charge in [-0.05, 0) is 53.4 Å². The number of hydrogen-bond acceptors (Lipinski definition) is 2. The molecule has 1 aromatic carbocycles. The Labute approximate surface area is 105 Å². The Bertz CT molecular complexity index is 416. The largest absolute Gasteiger partial charge is 0.370 e. The lowest BCUT2D eigenvalue weighted by Gasteiger charge is -2.20. The summed E-state index contributed by atoms with van der Waals surface area (Å²) in [5.74, 6) is 0.876. The van der Waals surface area contributed by atoms with Crippen molar-refractivity contribution in [3.63, 3.8) is 0 Å². The van der Waals surface area contributed by atoms with E-state index in [-0.39, 0.29) is 5.78 Å². The summed E-state index contributed by atoms with van der Waals surface area (Å²) in [6.07, 6.45) is 1.25. The molecule has 0 bridgehead atoms. The molecular formula is C13H16BrNO. The fourth-order valence-corrected chi connectivity index (χ4v) is 2.77. The molecule has 0 N–H and O–H groups in total. The zero-order chi connectivity index (χ0) is 11.7. The van der Waals surface area contributed by atoms with Gasteiger partial charge in [0.1, 0.15) is 0 Å². The van der Waals surface area contributed by atoms with Gasteiger partial charge < -0.3 is 4.90 Å². The first kappa shape index (κ1) is 11.6. The number of nitrogens with zero attached hydrogens (tertiary/aromatic N) is 1. The summed E-state index contributed by atoms with van der Waals surface area (Å²) in [7, 11) is 0. The number of benzene rings is 1. The molecule has 0 aromatic heterocycles. The molecule has 1 unspecified atom stereocenters. The molecule has 1 aliphatic rings. The molecule has 1 fully saturated rings. The molecule has 1 saturated heterocycles. The molecule has 0 spiro atoms. The third kappa shape index (κ3) is 2.29. The van der Waals surface area contributed by atoms with E-state index in [2.05, 4.69) is 27.8 Å². The van der Waals surface area contributed by atoms with Crippen LogP contribution in [0.5, 0.6) is 0 Å². The molecule has 0 amide bonds. The average molecular weight is 282 g/mol. The minimum Gasteiger partial charge on any atom is -0.370 e. The molecule has 86 valence electrons. The number of Topliss-reactive ketones (excluding diaryl/α,β-unsaturated/α-hetero) is 1. The molecule has 0 aliphatic carbocycles. The molecule has 1 aromatic rings. The predicted molar refractivity (Wildman–Crippen MR) is 70.1 cm³/mol. The predicted octanol–water partition coefficient (Wildman–Crippen LogP) is 3.50. The van der Waals surface area contributed by atoms with Gasteiger partial charge in [0.25, 0.3) is 0 Å². The Hall–Kier alpha value is -0.830. The summed E-state index contributed by atoms with van der Waals surface area (Å²) in [4.78, 5) is 13.6. The van der Waals surface area contributed by atoms with Gasteiger partial charge in [-0.1, -0.05) is 6.92 Å². The minimum atomic E-state index is 0.113. The van der Waals surface area contributed by atoms with E-state index in [9.17, 15) is 4.79 Å². The molecule has 0 radical (unpaired) electrons. The van der Waals surface area contributed by atoms with Gasteiger partial charge in [-0.15, -0.1) is 0 Å². The summed E-state index contributed by atoms with van der Waals surface area (Å²) in [6.45, 7) is 6.09. The van der Waals surface area contributed by atoms with Crippen molar-refractivity contribution in [2.75, 3.05) is 18.0 Å². The number of carbonyl (C=O) groups excluding carboxylic acids is 1. The van der Waals surface area contributed by atoms with Crippen molar-refractivity contribution in [2.24, 2.45) is 5.92 Å². The number of carbonyl (C=O) groups is 1. The highest BCUT2D eigenvalue weighted by Gasteiger charge is 2.20. The normalized spacial score (nSPS) is 20.2. The zero-order valence-electron chi connectivity index (χ0n) is 9.66.